The van der Waals surface area contributed by atoms with Gasteiger partial charge in [-0.1, -0.05) is 23.4 Å². The fraction of sp³-hybridized carbons (Fsp3) is 0.0588. The molecule has 0 aliphatic carbocycles. The molecule has 9 heteroatoms. The lowest BCUT2D eigenvalue weighted by Gasteiger charge is -2.08. The SMILES string of the molecule is O=C(NCc1ccc(-n2ccnn2)cc1)c1cccc(-n2cnnn2)c1. The highest BCUT2D eigenvalue weighted by atomic mass is 16.1. The third-order valence-electron chi connectivity index (χ3n) is 3.80. The van der Waals surface area contributed by atoms with Crippen molar-refractivity contribution < 1.29 is 4.79 Å². The van der Waals surface area contributed by atoms with Gasteiger partial charge in [-0.05, 0) is 46.3 Å². The fourth-order valence-corrected chi connectivity index (χ4v) is 2.47. The lowest BCUT2D eigenvalue weighted by atomic mass is 10.1. The van der Waals surface area contributed by atoms with Crippen molar-refractivity contribution in [3.05, 3.63) is 78.4 Å². The zero-order chi connectivity index (χ0) is 17.8. The standard InChI is InChI=1S/C17H14N8O/c26-17(14-2-1-3-16(10-14)25-12-20-21-23-25)18-11-13-4-6-15(7-5-13)24-9-8-19-22-24/h1-10,12H,11H2,(H,18,26). The van der Waals surface area contributed by atoms with E-state index in [1.54, 1.807) is 35.3 Å². The fourth-order valence-electron chi connectivity index (χ4n) is 2.47. The number of nitrogens with one attached hydrogen (secondary N) is 1. The summed E-state index contributed by atoms with van der Waals surface area (Å²) in [6, 6.07) is 14.8. The third-order valence-corrected chi connectivity index (χ3v) is 3.80. The molecule has 0 aliphatic heterocycles. The number of hydrogen-bond donors (Lipinski definition) is 1. The van der Waals surface area contributed by atoms with E-state index in [2.05, 4.69) is 31.2 Å². The molecule has 0 radical (unpaired) electrons. The molecular weight excluding hydrogens is 332 g/mol. The van der Waals surface area contributed by atoms with Gasteiger partial charge in [0.25, 0.3) is 5.91 Å². The van der Waals surface area contributed by atoms with Crippen LogP contribution in [0.3, 0.4) is 0 Å². The predicted octanol–water partition coefficient (Wildman–Crippen LogP) is 1.17. The highest BCUT2D eigenvalue weighted by molar-refractivity contribution is 5.94. The van der Waals surface area contributed by atoms with Crippen LogP contribution in [-0.2, 0) is 6.54 Å². The molecule has 1 amide bonds. The van der Waals surface area contributed by atoms with Crippen molar-refractivity contribution in [3.8, 4) is 11.4 Å². The molecule has 128 valence electrons. The molecule has 2 aromatic heterocycles. The van der Waals surface area contributed by atoms with Crippen molar-refractivity contribution in [1.29, 1.82) is 0 Å². The molecule has 0 atom stereocenters. The minimum absolute atomic E-state index is 0.166. The quantitative estimate of drug-likeness (QED) is 0.582. The molecule has 4 rings (SSSR count). The first-order valence-electron chi connectivity index (χ1n) is 7.87. The van der Waals surface area contributed by atoms with Gasteiger partial charge in [-0.2, -0.15) is 0 Å². The van der Waals surface area contributed by atoms with Crippen LogP contribution in [0.5, 0.6) is 0 Å². The molecule has 1 N–H and O–H groups in total. The molecule has 0 spiro atoms. The van der Waals surface area contributed by atoms with Crippen LogP contribution in [0.1, 0.15) is 15.9 Å². The van der Waals surface area contributed by atoms with Crippen molar-refractivity contribution in [2.24, 2.45) is 0 Å². The Morgan fingerprint density at radius 3 is 2.58 bits per heavy atom. The Labute approximate surface area is 148 Å². The first-order chi connectivity index (χ1) is 12.8. The molecule has 26 heavy (non-hydrogen) atoms. The van der Waals surface area contributed by atoms with Crippen LogP contribution in [0.4, 0.5) is 0 Å². The molecule has 0 bridgehead atoms. The highest BCUT2D eigenvalue weighted by Gasteiger charge is 2.08. The number of amides is 1. The predicted molar refractivity (Wildman–Crippen MR) is 91.7 cm³/mol. The van der Waals surface area contributed by atoms with Gasteiger partial charge in [0.2, 0.25) is 0 Å². The van der Waals surface area contributed by atoms with Crippen molar-refractivity contribution in [2.45, 2.75) is 6.54 Å². The maximum Gasteiger partial charge on any atom is 0.251 e. The Morgan fingerprint density at radius 2 is 1.85 bits per heavy atom. The normalized spacial score (nSPS) is 10.6. The second kappa shape index (κ2) is 6.93. The Bertz CT molecular complexity index is 994. The summed E-state index contributed by atoms with van der Waals surface area (Å²) in [6.45, 7) is 0.422. The molecule has 2 aromatic carbocycles. The Morgan fingerprint density at radius 1 is 0.962 bits per heavy atom. The number of hydrogen-bond acceptors (Lipinski definition) is 6. The zero-order valence-corrected chi connectivity index (χ0v) is 13.6. The molecule has 9 nitrogen and oxygen atoms in total. The summed E-state index contributed by atoms with van der Waals surface area (Å²) in [4.78, 5) is 12.4. The van der Waals surface area contributed by atoms with E-state index < -0.39 is 0 Å². The molecule has 0 unspecified atom stereocenters. The number of tetrazole rings is 1. The molecule has 0 saturated heterocycles. The van der Waals surface area contributed by atoms with Crippen molar-refractivity contribution in [1.82, 2.24) is 40.5 Å². The van der Waals surface area contributed by atoms with Gasteiger partial charge in [-0.15, -0.1) is 10.2 Å². The molecule has 0 fully saturated rings. The summed E-state index contributed by atoms with van der Waals surface area (Å²) in [7, 11) is 0. The van der Waals surface area contributed by atoms with Crippen LogP contribution in [0, 0.1) is 0 Å². The number of rotatable bonds is 5. The van der Waals surface area contributed by atoms with Gasteiger partial charge in [0.05, 0.1) is 23.8 Å². The van der Waals surface area contributed by atoms with E-state index in [1.807, 2.05) is 30.3 Å². The van der Waals surface area contributed by atoms with Crippen LogP contribution in [-0.4, -0.2) is 41.1 Å². The maximum absolute atomic E-state index is 12.4. The molecule has 0 aliphatic rings. The monoisotopic (exact) mass is 346 g/mol. The van der Waals surface area contributed by atoms with Crippen LogP contribution < -0.4 is 5.32 Å². The minimum atomic E-state index is -0.166. The molecule has 2 heterocycles. The number of benzene rings is 2. The smallest absolute Gasteiger partial charge is 0.251 e. The summed E-state index contributed by atoms with van der Waals surface area (Å²) < 4.78 is 3.17. The number of nitrogens with zero attached hydrogens (tertiary/aromatic N) is 7. The Balaban J connectivity index is 1.42. The summed E-state index contributed by atoms with van der Waals surface area (Å²) in [5.41, 5.74) is 3.16. The van der Waals surface area contributed by atoms with Crippen molar-refractivity contribution in [3.63, 3.8) is 0 Å². The van der Waals surface area contributed by atoms with E-state index in [0.29, 0.717) is 12.1 Å². The second-order valence-corrected chi connectivity index (χ2v) is 5.50. The van der Waals surface area contributed by atoms with Crippen molar-refractivity contribution in [2.75, 3.05) is 0 Å². The van der Waals surface area contributed by atoms with E-state index in [1.165, 1.54) is 11.0 Å². The topological polar surface area (TPSA) is 103 Å². The third kappa shape index (κ3) is 3.31. The van der Waals surface area contributed by atoms with Gasteiger partial charge in [0.15, 0.2) is 0 Å². The van der Waals surface area contributed by atoms with Gasteiger partial charge in [0.1, 0.15) is 6.33 Å². The molecule has 0 saturated carbocycles. The number of carbonyl (C=O) groups is 1. The Hall–Kier alpha value is -3.88. The Kier molecular flexibility index (Phi) is 4.17. The lowest BCUT2D eigenvalue weighted by Crippen LogP contribution is -2.22. The largest absolute Gasteiger partial charge is 0.348 e. The van der Waals surface area contributed by atoms with E-state index in [-0.39, 0.29) is 5.91 Å². The summed E-state index contributed by atoms with van der Waals surface area (Å²) in [5.74, 6) is -0.166. The van der Waals surface area contributed by atoms with Gasteiger partial charge in [0, 0.05) is 12.1 Å². The van der Waals surface area contributed by atoms with Crippen LogP contribution in [0.25, 0.3) is 11.4 Å². The van der Waals surface area contributed by atoms with E-state index in [9.17, 15) is 4.79 Å². The van der Waals surface area contributed by atoms with Crippen molar-refractivity contribution >= 4 is 5.91 Å². The summed E-state index contributed by atoms with van der Waals surface area (Å²) in [6.07, 6.45) is 4.87. The van der Waals surface area contributed by atoms with Gasteiger partial charge < -0.3 is 5.32 Å². The highest BCUT2D eigenvalue weighted by Crippen LogP contribution is 2.10. The van der Waals surface area contributed by atoms with Crippen LogP contribution >= 0.6 is 0 Å². The second-order valence-electron chi connectivity index (χ2n) is 5.50. The van der Waals surface area contributed by atoms with Gasteiger partial charge in [-0.25, -0.2) is 9.36 Å². The minimum Gasteiger partial charge on any atom is -0.348 e. The van der Waals surface area contributed by atoms with Crippen LogP contribution in [0.15, 0.2) is 67.3 Å². The number of aromatic nitrogens is 7. The number of carbonyl (C=O) groups excluding carboxylic acids is 1. The zero-order valence-electron chi connectivity index (χ0n) is 13.6. The lowest BCUT2D eigenvalue weighted by molar-refractivity contribution is 0.0951. The molecule has 4 aromatic rings. The average molecular weight is 346 g/mol. The van der Waals surface area contributed by atoms with E-state index in [0.717, 1.165) is 16.9 Å². The van der Waals surface area contributed by atoms with Crippen LogP contribution in [0.2, 0.25) is 0 Å². The van der Waals surface area contributed by atoms with Gasteiger partial charge >= 0.3 is 0 Å². The maximum atomic E-state index is 12.4. The van der Waals surface area contributed by atoms with Gasteiger partial charge in [-0.3, -0.25) is 4.79 Å². The summed E-state index contributed by atoms with van der Waals surface area (Å²) in [5, 5.41) is 21.6. The molecular formula is C17H14N8O. The first-order valence-corrected chi connectivity index (χ1v) is 7.87. The average Bonchev–Trinajstić information content (AvgIpc) is 3.40. The van der Waals surface area contributed by atoms with E-state index in [4.69, 9.17) is 0 Å². The first kappa shape index (κ1) is 15.6. The summed E-state index contributed by atoms with van der Waals surface area (Å²) >= 11 is 0. The van der Waals surface area contributed by atoms with E-state index >= 15 is 0 Å².